The highest BCUT2D eigenvalue weighted by Gasteiger charge is 2.08. The maximum atomic E-state index is 11.7. The standard InChI is InChI=1S/C12H15ClN2O/c1-3-9(4-2)14-15-12(16)10-7-5-6-8-11(10)13/h5-8H,3-4H2,1-2H3,(H,15,16). The predicted octanol–water partition coefficient (Wildman–Crippen LogP) is 3.25. The first-order valence-electron chi connectivity index (χ1n) is 5.29. The van der Waals surface area contributed by atoms with Gasteiger partial charge in [0.25, 0.3) is 5.91 Å². The molecule has 0 bridgehead atoms. The highest BCUT2D eigenvalue weighted by Crippen LogP contribution is 2.14. The van der Waals surface area contributed by atoms with Crippen molar-refractivity contribution in [2.24, 2.45) is 5.10 Å². The van der Waals surface area contributed by atoms with Crippen molar-refractivity contribution in [2.45, 2.75) is 26.7 Å². The summed E-state index contributed by atoms with van der Waals surface area (Å²) in [6, 6.07) is 6.91. The lowest BCUT2D eigenvalue weighted by molar-refractivity contribution is 0.0955. The number of benzene rings is 1. The highest BCUT2D eigenvalue weighted by molar-refractivity contribution is 6.33. The van der Waals surface area contributed by atoms with Crippen LogP contribution in [0.1, 0.15) is 37.0 Å². The minimum absolute atomic E-state index is 0.273. The molecule has 1 rings (SSSR count). The second-order valence-electron chi connectivity index (χ2n) is 3.31. The molecule has 0 aliphatic rings. The van der Waals surface area contributed by atoms with Crippen LogP contribution in [0, 0.1) is 0 Å². The number of hydrazone groups is 1. The van der Waals surface area contributed by atoms with Crippen LogP contribution in [0.2, 0.25) is 5.02 Å². The number of hydrogen-bond donors (Lipinski definition) is 1. The summed E-state index contributed by atoms with van der Waals surface area (Å²) in [6.45, 7) is 4.01. The predicted molar refractivity (Wildman–Crippen MR) is 66.9 cm³/mol. The van der Waals surface area contributed by atoms with Crippen molar-refractivity contribution in [3.05, 3.63) is 34.9 Å². The van der Waals surface area contributed by atoms with Gasteiger partial charge in [-0.05, 0) is 25.0 Å². The molecule has 16 heavy (non-hydrogen) atoms. The van der Waals surface area contributed by atoms with Crippen molar-refractivity contribution in [3.8, 4) is 0 Å². The summed E-state index contributed by atoms with van der Waals surface area (Å²) in [5.74, 6) is -0.273. The SMILES string of the molecule is CCC(CC)=NNC(=O)c1ccccc1Cl. The van der Waals surface area contributed by atoms with Crippen LogP contribution in [0.5, 0.6) is 0 Å². The Morgan fingerprint density at radius 1 is 1.31 bits per heavy atom. The smallest absolute Gasteiger partial charge is 0.267 e. The Morgan fingerprint density at radius 2 is 1.94 bits per heavy atom. The fraction of sp³-hybridized carbons (Fsp3) is 0.333. The monoisotopic (exact) mass is 238 g/mol. The number of nitrogens with zero attached hydrogens (tertiary/aromatic N) is 1. The largest absolute Gasteiger partial charge is 0.272 e. The molecule has 0 saturated heterocycles. The highest BCUT2D eigenvalue weighted by atomic mass is 35.5. The van der Waals surface area contributed by atoms with Crippen molar-refractivity contribution < 1.29 is 4.79 Å². The van der Waals surface area contributed by atoms with Gasteiger partial charge in [-0.3, -0.25) is 4.79 Å². The molecule has 0 radical (unpaired) electrons. The maximum Gasteiger partial charge on any atom is 0.272 e. The first-order valence-corrected chi connectivity index (χ1v) is 5.67. The van der Waals surface area contributed by atoms with E-state index in [1.807, 2.05) is 13.8 Å². The van der Waals surface area contributed by atoms with E-state index in [0.717, 1.165) is 18.6 Å². The fourth-order valence-corrected chi connectivity index (χ4v) is 1.47. The molecule has 1 aromatic carbocycles. The molecular weight excluding hydrogens is 224 g/mol. The van der Waals surface area contributed by atoms with Crippen molar-refractivity contribution in [3.63, 3.8) is 0 Å². The molecule has 3 nitrogen and oxygen atoms in total. The van der Waals surface area contributed by atoms with Crippen LogP contribution < -0.4 is 5.43 Å². The summed E-state index contributed by atoms with van der Waals surface area (Å²) in [7, 11) is 0. The maximum absolute atomic E-state index is 11.7. The van der Waals surface area contributed by atoms with Gasteiger partial charge in [-0.15, -0.1) is 0 Å². The molecule has 0 aromatic heterocycles. The zero-order chi connectivity index (χ0) is 12.0. The molecule has 1 N–H and O–H groups in total. The molecule has 4 heteroatoms. The Bertz CT molecular complexity index is 396. The number of carbonyl (C=O) groups excluding carboxylic acids is 1. The van der Waals surface area contributed by atoms with E-state index in [-0.39, 0.29) is 5.91 Å². The van der Waals surface area contributed by atoms with Crippen LogP contribution in [0.3, 0.4) is 0 Å². The number of rotatable bonds is 4. The van der Waals surface area contributed by atoms with Gasteiger partial charge in [0.15, 0.2) is 0 Å². The number of hydrogen-bond acceptors (Lipinski definition) is 2. The Hall–Kier alpha value is -1.35. The van der Waals surface area contributed by atoms with E-state index in [2.05, 4.69) is 10.5 Å². The molecule has 0 aliphatic carbocycles. The molecule has 0 atom stereocenters. The normalized spacial score (nSPS) is 9.69. The van der Waals surface area contributed by atoms with E-state index in [4.69, 9.17) is 11.6 Å². The van der Waals surface area contributed by atoms with Crippen LogP contribution in [-0.2, 0) is 0 Å². The van der Waals surface area contributed by atoms with Gasteiger partial charge in [0, 0.05) is 5.71 Å². The van der Waals surface area contributed by atoms with Crippen LogP contribution in [0.4, 0.5) is 0 Å². The molecule has 1 amide bonds. The Balaban J connectivity index is 2.74. The van der Waals surface area contributed by atoms with E-state index in [9.17, 15) is 4.79 Å². The molecule has 0 unspecified atom stereocenters. The molecule has 0 saturated carbocycles. The lowest BCUT2D eigenvalue weighted by Gasteiger charge is -2.03. The van der Waals surface area contributed by atoms with Gasteiger partial charge in [-0.2, -0.15) is 5.10 Å². The summed E-state index contributed by atoms with van der Waals surface area (Å²) in [4.78, 5) is 11.7. The van der Waals surface area contributed by atoms with Crippen molar-refractivity contribution in [2.75, 3.05) is 0 Å². The number of nitrogens with one attached hydrogen (secondary N) is 1. The molecule has 0 spiro atoms. The van der Waals surface area contributed by atoms with E-state index in [0.29, 0.717) is 10.6 Å². The molecule has 0 aliphatic heterocycles. The van der Waals surface area contributed by atoms with Gasteiger partial charge in [-0.1, -0.05) is 37.6 Å². The van der Waals surface area contributed by atoms with Crippen LogP contribution in [0.15, 0.2) is 29.4 Å². The zero-order valence-electron chi connectivity index (χ0n) is 9.46. The number of carbonyl (C=O) groups is 1. The van der Waals surface area contributed by atoms with Gasteiger partial charge in [0.1, 0.15) is 0 Å². The van der Waals surface area contributed by atoms with E-state index in [1.54, 1.807) is 24.3 Å². The lowest BCUT2D eigenvalue weighted by atomic mass is 10.2. The van der Waals surface area contributed by atoms with Crippen molar-refractivity contribution in [1.29, 1.82) is 0 Å². The van der Waals surface area contributed by atoms with Crippen LogP contribution in [-0.4, -0.2) is 11.6 Å². The Labute approximate surface area is 101 Å². The van der Waals surface area contributed by atoms with Crippen LogP contribution >= 0.6 is 11.6 Å². The number of halogens is 1. The summed E-state index contributed by atoms with van der Waals surface area (Å²) < 4.78 is 0. The topological polar surface area (TPSA) is 41.5 Å². The minimum atomic E-state index is -0.273. The average Bonchev–Trinajstić information content (AvgIpc) is 2.30. The summed E-state index contributed by atoms with van der Waals surface area (Å²) in [5, 5.41) is 4.47. The molecule has 86 valence electrons. The van der Waals surface area contributed by atoms with Crippen molar-refractivity contribution in [1.82, 2.24) is 5.43 Å². The quantitative estimate of drug-likeness (QED) is 0.635. The molecule has 0 fully saturated rings. The third kappa shape index (κ3) is 3.35. The van der Waals surface area contributed by atoms with Gasteiger partial charge in [-0.25, -0.2) is 5.43 Å². The fourth-order valence-electron chi connectivity index (χ4n) is 1.24. The van der Waals surface area contributed by atoms with Crippen LogP contribution in [0.25, 0.3) is 0 Å². The van der Waals surface area contributed by atoms with Gasteiger partial charge in [0.05, 0.1) is 10.6 Å². The zero-order valence-corrected chi connectivity index (χ0v) is 10.2. The third-order valence-corrected chi connectivity index (χ3v) is 2.58. The molecular formula is C12H15ClN2O. The van der Waals surface area contributed by atoms with E-state index in [1.165, 1.54) is 0 Å². The second kappa shape index (κ2) is 6.28. The second-order valence-corrected chi connectivity index (χ2v) is 3.71. The van der Waals surface area contributed by atoms with Crippen molar-refractivity contribution >= 4 is 23.2 Å². The summed E-state index contributed by atoms with van der Waals surface area (Å²) in [6.07, 6.45) is 1.67. The Morgan fingerprint density at radius 3 is 2.50 bits per heavy atom. The molecule has 0 heterocycles. The average molecular weight is 239 g/mol. The Kier molecular flexibility index (Phi) is 4.99. The first kappa shape index (κ1) is 12.7. The van der Waals surface area contributed by atoms with Gasteiger partial charge < -0.3 is 0 Å². The third-order valence-electron chi connectivity index (χ3n) is 2.25. The minimum Gasteiger partial charge on any atom is -0.267 e. The first-order chi connectivity index (χ1) is 7.69. The van der Waals surface area contributed by atoms with E-state index < -0.39 is 0 Å². The lowest BCUT2D eigenvalue weighted by Crippen LogP contribution is -2.19. The number of amides is 1. The molecule has 1 aromatic rings. The van der Waals surface area contributed by atoms with Gasteiger partial charge in [0.2, 0.25) is 0 Å². The van der Waals surface area contributed by atoms with E-state index >= 15 is 0 Å². The van der Waals surface area contributed by atoms with Gasteiger partial charge >= 0.3 is 0 Å². The summed E-state index contributed by atoms with van der Waals surface area (Å²) in [5.41, 5.74) is 3.91. The summed E-state index contributed by atoms with van der Waals surface area (Å²) >= 11 is 5.89.